The van der Waals surface area contributed by atoms with Gasteiger partial charge < -0.3 is 21.1 Å². The summed E-state index contributed by atoms with van der Waals surface area (Å²) in [5.74, 6) is 0.0403. The van der Waals surface area contributed by atoms with Crippen LogP contribution in [0.3, 0.4) is 0 Å². The molecule has 1 rings (SSSR count). The highest BCUT2D eigenvalue weighted by Gasteiger charge is 2.23. The number of nitrogens with two attached hydrogens (primary N) is 1. The van der Waals surface area contributed by atoms with E-state index in [1.54, 1.807) is 11.9 Å². The largest absolute Gasteiger partial charge is 0.395 e. The third-order valence-electron chi connectivity index (χ3n) is 2.29. The fourth-order valence-corrected chi connectivity index (χ4v) is 2.22. The average Bonchev–Trinajstić information content (AvgIpc) is 2.66. The molecule has 6 nitrogen and oxygen atoms in total. The van der Waals surface area contributed by atoms with Gasteiger partial charge in [0.15, 0.2) is 5.13 Å². The number of nitrogen functional groups attached to an aromatic ring is 1. The van der Waals surface area contributed by atoms with E-state index < -0.39 is 0 Å². The lowest BCUT2D eigenvalue weighted by atomic mass is 10.3. The molecule has 0 unspecified atom stereocenters. The van der Waals surface area contributed by atoms with Gasteiger partial charge in [0.05, 0.1) is 6.61 Å². The summed E-state index contributed by atoms with van der Waals surface area (Å²) in [5.41, 5.74) is 5.70. The molecule has 0 saturated heterocycles. The number of hydrogen-bond donors (Lipinski definition) is 3. The number of thiazole rings is 1. The van der Waals surface area contributed by atoms with Crippen molar-refractivity contribution in [3.63, 3.8) is 0 Å². The minimum absolute atomic E-state index is 0.00851. The molecule has 1 amide bonds. The summed E-state index contributed by atoms with van der Waals surface area (Å²) < 4.78 is 0. The molecule has 0 bridgehead atoms. The number of aromatic nitrogens is 1. The van der Waals surface area contributed by atoms with Gasteiger partial charge in [0, 0.05) is 19.6 Å². The van der Waals surface area contributed by atoms with Crippen molar-refractivity contribution in [2.75, 3.05) is 31.2 Å². The van der Waals surface area contributed by atoms with Crippen molar-refractivity contribution >= 4 is 28.2 Å². The molecular weight excluding hydrogens is 240 g/mol. The molecule has 0 saturated carbocycles. The van der Waals surface area contributed by atoms with Crippen LogP contribution in [0.2, 0.25) is 0 Å². The molecule has 1 aromatic rings. The molecule has 96 valence electrons. The second kappa shape index (κ2) is 5.83. The second-order valence-electron chi connectivity index (χ2n) is 3.80. The van der Waals surface area contributed by atoms with Crippen LogP contribution in [0.5, 0.6) is 0 Å². The van der Waals surface area contributed by atoms with Crippen molar-refractivity contribution in [3.8, 4) is 0 Å². The monoisotopic (exact) mass is 258 g/mol. The number of aliphatic hydroxyl groups excluding tert-OH is 1. The molecule has 0 aliphatic heterocycles. The molecular formula is C10H18N4O2S. The van der Waals surface area contributed by atoms with Crippen LogP contribution in [0.1, 0.15) is 23.5 Å². The predicted octanol–water partition coefficient (Wildman–Crippen LogP) is 0.610. The third-order valence-corrected chi connectivity index (χ3v) is 3.36. The van der Waals surface area contributed by atoms with E-state index in [0.717, 1.165) is 0 Å². The van der Waals surface area contributed by atoms with Crippen LogP contribution in [0.15, 0.2) is 0 Å². The van der Waals surface area contributed by atoms with E-state index >= 15 is 0 Å². The zero-order valence-corrected chi connectivity index (χ0v) is 11.0. The second-order valence-corrected chi connectivity index (χ2v) is 4.80. The lowest BCUT2D eigenvalue weighted by molar-refractivity contribution is 0.0671. The van der Waals surface area contributed by atoms with Crippen LogP contribution < -0.4 is 11.1 Å². The van der Waals surface area contributed by atoms with Gasteiger partial charge in [0.1, 0.15) is 10.7 Å². The molecule has 4 N–H and O–H groups in total. The molecule has 7 heteroatoms. The normalized spacial score (nSPS) is 10.6. The lowest BCUT2D eigenvalue weighted by Crippen LogP contribution is -2.38. The summed E-state index contributed by atoms with van der Waals surface area (Å²) in [7, 11) is 1.72. The smallest absolute Gasteiger partial charge is 0.268 e. The Bertz CT molecular complexity index is 392. The summed E-state index contributed by atoms with van der Waals surface area (Å²) in [6.45, 7) is 4.01. The Morgan fingerprint density at radius 2 is 2.29 bits per heavy atom. The quantitative estimate of drug-likeness (QED) is 0.719. The van der Waals surface area contributed by atoms with Crippen LogP contribution in [-0.4, -0.2) is 47.1 Å². The standard InChI is InChI=1S/C10H18N4O2S/c1-6(2)14(4-5-15)9(16)7-8(11)13-10(12-3)17-7/h6,15H,4-5,11H2,1-3H3,(H,12,13). The van der Waals surface area contributed by atoms with E-state index in [2.05, 4.69) is 10.3 Å². The Hall–Kier alpha value is -1.34. The van der Waals surface area contributed by atoms with Crippen molar-refractivity contribution in [1.82, 2.24) is 9.88 Å². The molecule has 0 radical (unpaired) electrons. The van der Waals surface area contributed by atoms with E-state index in [1.165, 1.54) is 11.3 Å². The van der Waals surface area contributed by atoms with E-state index in [0.29, 0.717) is 16.6 Å². The molecule has 17 heavy (non-hydrogen) atoms. The first kappa shape index (κ1) is 13.7. The van der Waals surface area contributed by atoms with E-state index in [1.807, 2.05) is 13.8 Å². The maximum Gasteiger partial charge on any atom is 0.268 e. The first-order chi connectivity index (χ1) is 8.01. The van der Waals surface area contributed by atoms with Gasteiger partial charge in [-0.05, 0) is 13.8 Å². The zero-order valence-electron chi connectivity index (χ0n) is 10.2. The molecule has 1 heterocycles. The van der Waals surface area contributed by atoms with Crippen LogP contribution >= 0.6 is 11.3 Å². The van der Waals surface area contributed by atoms with Crippen LogP contribution in [0.25, 0.3) is 0 Å². The number of nitrogens with one attached hydrogen (secondary N) is 1. The highest BCUT2D eigenvalue weighted by Crippen LogP contribution is 2.26. The van der Waals surface area contributed by atoms with Crippen LogP contribution in [0.4, 0.5) is 10.9 Å². The van der Waals surface area contributed by atoms with Crippen LogP contribution in [-0.2, 0) is 0 Å². The number of carbonyl (C=O) groups excluding carboxylic acids is 1. The van der Waals surface area contributed by atoms with E-state index in [4.69, 9.17) is 10.8 Å². The van der Waals surface area contributed by atoms with Gasteiger partial charge in [0.2, 0.25) is 0 Å². The van der Waals surface area contributed by atoms with Crippen molar-refractivity contribution in [2.45, 2.75) is 19.9 Å². The summed E-state index contributed by atoms with van der Waals surface area (Å²) in [4.78, 5) is 18.2. The van der Waals surface area contributed by atoms with E-state index in [9.17, 15) is 4.79 Å². The van der Waals surface area contributed by atoms with Gasteiger partial charge in [-0.3, -0.25) is 4.79 Å². The zero-order chi connectivity index (χ0) is 13.0. The molecule has 1 aromatic heterocycles. The molecule has 0 fully saturated rings. The van der Waals surface area contributed by atoms with Gasteiger partial charge in [-0.1, -0.05) is 11.3 Å². The van der Waals surface area contributed by atoms with Crippen molar-refractivity contribution in [2.24, 2.45) is 0 Å². The Morgan fingerprint density at radius 3 is 2.71 bits per heavy atom. The summed E-state index contributed by atoms with van der Waals surface area (Å²) in [6, 6.07) is 0.00851. The van der Waals surface area contributed by atoms with Crippen molar-refractivity contribution < 1.29 is 9.90 Å². The maximum atomic E-state index is 12.2. The Balaban J connectivity index is 2.96. The first-order valence-electron chi connectivity index (χ1n) is 5.37. The highest BCUT2D eigenvalue weighted by molar-refractivity contribution is 7.18. The number of nitrogens with zero attached hydrogens (tertiary/aromatic N) is 2. The Kier molecular flexibility index (Phi) is 4.71. The topological polar surface area (TPSA) is 91.5 Å². The molecule has 0 spiro atoms. The van der Waals surface area contributed by atoms with Crippen molar-refractivity contribution in [3.05, 3.63) is 4.88 Å². The number of carbonyl (C=O) groups is 1. The Morgan fingerprint density at radius 1 is 1.65 bits per heavy atom. The van der Waals surface area contributed by atoms with E-state index in [-0.39, 0.29) is 24.4 Å². The fourth-order valence-electron chi connectivity index (χ4n) is 1.42. The molecule has 0 aliphatic carbocycles. The third kappa shape index (κ3) is 3.07. The predicted molar refractivity (Wildman–Crippen MR) is 69.3 cm³/mol. The molecule has 0 atom stereocenters. The van der Waals surface area contributed by atoms with Gasteiger partial charge in [-0.2, -0.15) is 0 Å². The SMILES string of the molecule is CNc1nc(N)c(C(=O)N(CCO)C(C)C)s1. The van der Waals surface area contributed by atoms with Gasteiger partial charge in [0.25, 0.3) is 5.91 Å². The van der Waals surface area contributed by atoms with Crippen LogP contribution in [0, 0.1) is 0 Å². The number of rotatable bonds is 5. The minimum Gasteiger partial charge on any atom is -0.395 e. The maximum absolute atomic E-state index is 12.2. The number of aliphatic hydroxyl groups is 1. The van der Waals surface area contributed by atoms with Crippen molar-refractivity contribution in [1.29, 1.82) is 0 Å². The van der Waals surface area contributed by atoms with Gasteiger partial charge in [-0.25, -0.2) is 4.98 Å². The highest BCUT2D eigenvalue weighted by atomic mass is 32.1. The number of hydrogen-bond acceptors (Lipinski definition) is 6. The molecule has 0 aliphatic rings. The number of anilines is 2. The summed E-state index contributed by atoms with van der Waals surface area (Å²) in [6.07, 6.45) is 0. The van der Waals surface area contributed by atoms with Gasteiger partial charge in [-0.15, -0.1) is 0 Å². The molecule has 0 aromatic carbocycles. The minimum atomic E-state index is -0.189. The Labute approximate surface area is 104 Å². The first-order valence-corrected chi connectivity index (χ1v) is 6.18. The average molecular weight is 258 g/mol. The lowest BCUT2D eigenvalue weighted by Gasteiger charge is -2.25. The number of amides is 1. The summed E-state index contributed by atoms with van der Waals surface area (Å²) in [5, 5.41) is 12.4. The summed E-state index contributed by atoms with van der Waals surface area (Å²) >= 11 is 1.22. The fraction of sp³-hybridized carbons (Fsp3) is 0.600. The van der Waals surface area contributed by atoms with Gasteiger partial charge >= 0.3 is 0 Å².